The summed E-state index contributed by atoms with van der Waals surface area (Å²) >= 11 is 0. The summed E-state index contributed by atoms with van der Waals surface area (Å²) in [7, 11) is 0. The van der Waals surface area contributed by atoms with Gasteiger partial charge in [0.05, 0.1) is 6.20 Å². The van der Waals surface area contributed by atoms with E-state index in [0.717, 1.165) is 12.8 Å². The van der Waals surface area contributed by atoms with Crippen LogP contribution in [0.1, 0.15) is 47.2 Å². The average Bonchev–Trinajstić information content (AvgIpc) is 3.32. The van der Waals surface area contributed by atoms with Crippen molar-refractivity contribution in [3.05, 3.63) is 41.9 Å². The molecule has 25 heavy (non-hydrogen) atoms. The fourth-order valence-corrected chi connectivity index (χ4v) is 3.57. The van der Waals surface area contributed by atoms with E-state index >= 15 is 0 Å². The highest BCUT2D eigenvalue weighted by Crippen LogP contribution is 2.28. The van der Waals surface area contributed by atoms with Crippen molar-refractivity contribution in [2.75, 3.05) is 0 Å². The van der Waals surface area contributed by atoms with Gasteiger partial charge in [0.15, 0.2) is 11.6 Å². The van der Waals surface area contributed by atoms with Gasteiger partial charge in [0.1, 0.15) is 5.75 Å². The quantitative estimate of drug-likeness (QED) is 0.724. The first-order valence-electron chi connectivity index (χ1n) is 8.49. The first kappa shape index (κ1) is 15.8. The van der Waals surface area contributed by atoms with Crippen LogP contribution in [0.2, 0.25) is 0 Å². The second-order valence-corrected chi connectivity index (χ2v) is 6.64. The Bertz CT molecular complexity index is 799. The minimum absolute atomic E-state index is 0.0636. The van der Waals surface area contributed by atoms with Gasteiger partial charge in [-0.05, 0) is 43.5 Å². The lowest BCUT2D eigenvalue weighted by atomic mass is 9.95. The van der Waals surface area contributed by atoms with Gasteiger partial charge in [-0.25, -0.2) is 4.98 Å². The Morgan fingerprint density at radius 3 is 2.64 bits per heavy atom. The number of benzene rings is 1. The van der Waals surface area contributed by atoms with Crippen LogP contribution in [0.5, 0.6) is 11.6 Å². The molecule has 2 bridgehead atoms. The SMILES string of the molecule is CC(=O)c1ncc(Oc2ccc(C(=O)N[C@@H]3C[C@H]4CC[C@@H]3N4)cc2)[nH]1. The van der Waals surface area contributed by atoms with E-state index in [0.29, 0.717) is 29.3 Å². The average molecular weight is 340 g/mol. The Kier molecular flexibility index (Phi) is 4.01. The zero-order valence-corrected chi connectivity index (χ0v) is 13.9. The highest BCUT2D eigenvalue weighted by molar-refractivity contribution is 5.94. The molecule has 0 saturated carbocycles. The number of Topliss-reactive ketones (excluding diaryl/α,β-unsaturated/α-hetero) is 1. The molecule has 7 nitrogen and oxygen atoms in total. The summed E-state index contributed by atoms with van der Waals surface area (Å²) in [5.74, 6) is 0.987. The molecule has 0 radical (unpaired) electrons. The van der Waals surface area contributed by atoms with Crippen LogP contribution in [0.15, 0.2) is 30.5 Å². The molecule has 3 atom stereocenters. The zero-order chi connectivity index (χ0) is 17.4. The van der Waals surface area contributed by atoms with Crippen molar-refractivity contribution < 1.29 is 14.3 Å². The Morgan fingerprint density at radius 2 is 2.04 bits per heavy atom. The second-order valence-electron chi connectivity index (χ2n) is 6.64. The molecule has 2 aliphatic heterocycles. The number of nitrogens with zero attached hydrogens (tertiary/aromatic N) is 1. The molecule has 7 heteroatoms. The first-order valence-corrected chi connectivity index (χ1v) is 8.49. The number of fused-ring (bicyclic) bond motifs is 2. The molecule has 2 saturated heterocycles. The first-order chi connectivity index (χ1) is 12.1. The maximum Gasteiger partial charge on any atom is 0.251 e. The molecule has 4 rings (SSSR count). The molecule has 1 amide bonds. The predicted molar refractivity (Wildman–Crippen MR) is 90.9 cm³/mol. The third-order valence-corrected chi connectivity index (χ3v) is 4.85. The molecule has 0 unspecified atom stereocenters. The molecule has 0 spiro atoms. The van der Waals surface area contributed by atoms with Crippen LogP contribution in [-0.2, 0) is 0 Å². The summed E-state index contributed by atoms with van der Waals surface area (Å²) in [5.41, 5.74) is 0.601. The molecular formula is C18H20N4O3. The number of amides is 1. The molecule has 2 fully saturated rings. The van der Waals surface area contributed by atoms with E-state index in [4.69, 9.17) is 4.74 Å². The van der Waals surface area contributed by atoms with Gasteiger partial charge in [0.2, 0.25) is 5.88 Å². The lowest BCUT2D eigenvalue weighted by Crippen LogP contribution is -2.42. The number of ketones is 1. The van der Waals surface area contributed by atoms with Crippen molar-refractivity contribution in [3.63, 3.8) is 0 Å². The molecule has 3 N–H and O–H groups in total. The largest absolute Gasteiger partial charge is 0.439 e. The number of carbonyl (C=O) groups is 2. The van der Waals surface area contributed by atoms with Crippen LogP contribution in [-0.4, -0.2) is 39.8 Å². The Morgan fingerprint density at radius 1 is 1.24 bits per heavy atom. The molecule has 3 heterocycles. The highest BCUT2D eigenvalue weighted by atomic mass is 16.5. The Hall–Kier alpha value is -2.67. The van der Waals surface area contributed by atoms with Crippen LogP contribution in [0, 0.1) is 0 Å². The summed E-state index contributed by atoms with van der Waals surface area (Å²) in [6.45, 7) is 1.43. The van der Waals surface area contributed by atoms with Gasteiger partial charge in [-0.15, -0.1) is 0 Å². The van der Waals surface area contributed by atoms with Crippen molar-refractivity contribution in [3.8, 4) is 11.6 Å². The number of imidazole rings is 1. The van der Waals surface area contributed by atoms with Gasteiger partial charge in [-0.2, -0.15) is 0 Å². The van der Waals surface area contributed by atoms with Crippen LogP contribution in [0.3, 0.4) is 0 Å². The minimum Gasteiger partial charge on any atom is -0.439 e. The molecule has 130 valence electrons. The summed E-state index contributed by atoms with van der Waals surface area (Å²) in [5, 5.41) is 6.63. The third kappa shape index (κ3) is 3.28. The lowest BCUT2D eigenvalue weighted by molar-refractivity contribution is 0.0930. The number of carbonyl (C=O) groups excluding carboxylic acids is 2. The smallest absolute Gasteiger partial charge is 0.251 e. The monoisotopic (exact) mass is 340 g/mol. The summed E-state index contributed by atoms with van der Waals surface area (Å²) in [6, 6.07) is 8.09. The van der Waals surface area contributed by atoms with Crippen LogP contribution < -0.4 is 15.4 Å². The number of aromatic nitrogens is 2. The van der Waals surface area contributed by atoms with Gasteiger partial charge in [0, 0.05) is 30.6 Å². The molecule has 0 aliphatic carbocycles. The molecule has 2 aromatic rings. The van der Waals surface area contributed by atoms with Crippen LogP contribution in [0.4, 0.5) is 0 Å². The van der Waals surface area contributed by atoms with E-state index in [-0.39, 0.29) is 23.6 Å². The van der Waals surface area contributed by atoms with E-state index in [9.17, 15) is 9.59 Å². The highest BCUT2D eigenvalue weighted by Gasteiger charge is 2.39. The van der Waals surface area contributed by atoms with Crippen molar-refractivity contribution in [2.24, 2.45) is 0 Å². The number of H-pyrrole nitrogens is 1. The van der Waals surface area contributed by atoms with E-state index in [1.807, 2.05) is 0 Å². The minimum atomic E-state index is -0.156. The van der Waals surface area contributed by atoms with Gasteiger partial charge in [-0.1, -0.05) is 0 Å². The van der Waals surface area contributed by atoms with Crippen LogP contribution >= 0.6 is 0 Å². The number of hydrogen-bond donors (Lipinski definition) is 3. The van der Waals surface area contributed by atoms with Gasteiger partial charge in [-0.3, -0.25) is 9.59 Å². The maximum absolute atomic E-state index is 12.4. The Labute approximate surface area is 145 Å². The number of hydrogen-bond acceptors (Lipinski definition) is 5. The zero-order valence-electron chi connectivity index (χ0n) is 13.9. The number of ether oxygens (including phenoxy) is 1. The molecule has 1 aromatic carbocycles. The van der Waals surface area contributed by atoms with Crippen molar-refractivity contribution in [1.82, 2.24) is 20.6 Å². The van der Waals surface area contributed by atoms with Gasteiger partial charge < -0.3 is 20.4 Å². The third-order valence-electron chi connectivity index (χ3n) is 4.85. The van der Waals surface area contributed by atoms with E-state index in [1.54, 1.807) is 24.3 Å². The molecule has 2 aliphatic rings. The summed E-state index contributed by atoms with van der Waals surface area (Å²) in [6.07, 6.45) is 4.81. The molecule has 1 aromatic heterocycles. The predicted octanol–water partition coefficient (Wildman–Crippen LogP) is 2.03. The number of nitrogens with one attached hydrogen (secondary N) is 3. The molecular weight excluding hydrogens is 320 g/mol. The van der Waals surface area contributed by atoms with Gasteiger partial charge in [0.25, 0.3) is 5.91 Å². The van der Waals surface area contributed by atoms with Crippen molar-refractivity contribution in [2.45, 2.75) is 44.3 Å². The normalized spacial score (nSPS) is 24.3. The van der Waals surface area contributed by atoms with E-state index in [2.05, 4.69) is 20.6 Å². The van der Waals surface area contributed by atoms with Crippen molar-refractivity contribution >= 4 is 11.7 Å². The second kappa shape index (κ2) is 6.33. The van der Waals surface area contributed by atoms with E-state index < -0.39 is 0 Å². The van der Waals surface area contributed by atoms with E-state index in [1.165, 1.54) is 19.5 Å². The van der Waals surface area contributed by atoms with Crippen molar-refractivity contribution in [1.29, 1.82) is 0 Å². The fraction of sp³-hybridized carbons (Fsp3) is 0.389. The topological polar surface area (TPSA) is 96.1 Å². The fourth-order valence-electron chi connectivity index (χ4n) is 3.57. The van der Waals surface area contributed by atoms with Gasteiger partial charge >= 0.3 is 0 Å². The summed E-state index contributed by atoms with van der Waals surface area (Å²) in [4.78, 5) is 30.3. The number of aromatic amines is 1. The standard InChI is InChI=1S/C18H20N4O3/c1-10(23)17-19-9-16(22-17)25-13-5-2-11(3-6-13)18(24)21-15-8-12-4-7-14(15)20-12/h2-3,5-6,9,12,14-15,20H,4,7-8H2,1H3,(H,19,22)(H,21,24)/t12-,14+,15-/m1/s1. The Balaban J connectivity index is 1.37. The summed E-state index contributed by atoms with van der Waals surface area (Å²) < 4.78 is 5.61. The lowest BCUT2D eigenvalue weighted by Gasteiger charge is -2.21. The number of rotatable bonds is 5. The van der Waals surface area contributed by atoms with Crippen LogP contribution in [0.25, 0.3) is 0 Å². The maximum atomic E-state index is 12.4.